The summed E-state index contributed by atoms with van der Waals surface area (Å²) >= 11 is 0. The fraction of sp³-hybridized carbons (Fsp3) is 0. The highest BCUT2D eigenvalue weighted by Gasteiger charge is 2.39. The van der Waals surface area contributed by atoms with Crippen LogP contribution in [0.25, 0.3) is 0 Å². The monoisotopic (exact) mass is 501 g/mol. The lowest BCUT2D eigenvalue weighted by Crippen LogP contribution is -2.25. The SMILES string of the molecule is O=C(Oc1ccccc1)C1=C(OP(=O)(Oc2ccccc2)Oc2ccccc2)Nc2ccccc2O1. The van der Waals surface area contributed by atoms with Crippen LogP contribution in [0, 0.1) is 0 Å². The van der Waals surface area contributed by atoms with E-state index in [0.717, 1.165) is 0 Å². The van der Waals surface area contributed by atoms with Crippen molar-refractivity contribution in [2.75, 3.05) is 5.32 Å². The zero-order valence-corrected chi connectivity index (χ0v) is 19.7. The van der Waals surface area contributed by atoms with E-state index in [1.807, 2.05) is 0 Å². The number of nitrogens with one attached hydrogen (secondary N) is 1. The number of hydrogen-bond donors (Lipinski definition) is 1. The molecule has 1 aliphatic heterocycles. The molecule has 0 atom stereocenters. The van der Waals surface area contributed by atoms with Crippen LogP contribution in [0.1, 0.15) is 0 Å². The number of fused-ring (bicyclic) bond motifs is 1. The number of ether oxygens (including phenoxy) is 2. The lowest BCUT2D eigenvalue weighted by Gasteiger charge is -2.26. The van der Waals surface area contributed by atoms with Gasteiger partial charge in [0.25, 0.3) is 11.6 Å². The molecule has 0 radical (unpaired) electrons. The third-order valence-corrected chi connectivity index (χ3v) is 6.09. The second-order valence-corrected chi connectivity index (χ2v) is 8.87. The Hall–Kier alpha value is -4.68. The highest BCUT2D eigenvalue weighted by molar-refractivity contribution is 7.49. The Bertz CT molecular complexity index is 1380. The van der Waals surface area contributed by atoms with Crippen molar-refractivity contribution in [2.45, 2.75) is 0 Å². The van der Waals surface area contributed by atoms with Gasteiger partial charge in [-0.3, -0.25) is 0 Å². The smallest absolute Gasteiger partial charge is 0.443 e. The highest BCUT2D eigenvalue weighted by Crippen LogP contribution is 2.52. The zero-order valence-electron chi connectivity index (χ0n) is 18.8. The maximum atomic E-state index is 13.9. The molecular weight excluding hydrogens is 481 g/mol. The van der Waals surface area contributed by atoms with E-state index in [0.29, 0.717) is 17.2 Å². The molecule has 0 saturated carbocycles. The first-order chi connectivity index (χ1) is 17.6. The second-order valence-electron chi connectivity index (χ2n) is 7.43. The van der Waals surface area contributed by atoms with Crippen molar-refractivity contribution in [3.05, 3.63) is 127 Å². The highest BCUT2D eigenvalue weighted by atomic mass is 31.2. The number of benzene rings is 4. The Morgan fingerprint density at radius 1 is 0.639 bits per heavy atom. The molecule has 0 aliphatic carbocycles. The Labute approximate surface area is 207 Å². The Kier molecular flexibility index (Phi) is 6.60. The number of anilines is 1. The normalized spacial score (nSPS) is 12.4. The Morgan fingerprint density at radius 2 is 1.14 bits per heavy atom. The average Bonchev–Trinajstić information content (AvgIpc) is 2.90. The summed E-state index contributed by atoms with van der Waals surface area (Å²) in [5.74, 6) is -0.389. The third kappa shape index (κ3) is 5.51. The maximum absolute atomic E-state index is 13.9. The van der Waals surface area contributed by atoms with E-state index in [2.05, 4.69) is 5.32 Å². The number of hydrogen-bond acceptors (Lipinski definition) is 8. The Balaban J connectivity index is 1.51. The molecule has 0 unspecified atom stereocenters. The van der Waals surface area contributed by atoms with E-state index in [-0.39, 0.29) is 23.1 Å². The van der Waals surface area contributed by atoms with E-state index < -0.39 is 13.8 Å². The number of phosphoric ester groups is 1. The number of rotatable bonds is 8. The van der Waals surface area contributed by atoms with Gasteiger partial charge in [-0.05, 0) is 48.5 Å². The van der Waals surface area contributed by atoms with Crippen molar-refractivity contribution in [2.24, 2.45) is 0 Å². The molecule has 5 rings (SSSR count). The van der Waals surface area contributed by atoms with Crippen LogP contribution >= 0.6 is 7.82 Å². The number of para-hydroxylation sites is 5. The van der Waals surface area contributed by atoms with Crippen LogP contribution < -0.4 is 23.8 Å². The molecule has 1 aliphatic rings. The summed E-state index contributed by atoms with van der Waals surface area (Å²) in [4.78, 5) is 13.1. The summed E-state index contributed by atoms with van der Waals surface area (Å²) in [6.07, 6.45) is 0. The van der Waals surface area contributed by atoms with Crippen molar-refractivity contribution in [3.63, 3.8) is 0 Å². The van der Waals surface area contributed by atoms with Crippen molar-refractivity contribution in [1.82, 2.24) is 0 Å². The molecule has 0 amide bonds. The van der Waals surface area contributed by atoms with E-state index in [1.165, 1.54) is 0 Å². The third-order valence-electron chi connectivity index (χ3n) is 4.82. The molecule has 0 bridgehead atoms. The summed E-state index contributed by atoms with van der Waals surface area (Å²) < 4.78 is 42.3. The zero-order chi connectivity index (χ0) is 24.8. The van der Waals surface area contributed by atoms with Crippen molar-refractivity contribution >= 4 is 19.5 Å². The molecule has 0 fully saturated rings. The molecule has 4 aromatic carbocycles. The molecule has 0 aromatic heterocycles. The minimum absolute atomic E-state index is 0.239. The number of carbonyl (C=O) groups excluding carboxylic acids is 1. The van der Waals surface area contributed by atoms with Crippen molar-refractivity contribution < 1.29 is 32.4 Å². The molecule has 4 aromatic rings. The lowest BCUT2D eigenvalue weighted by atomic mass is 10.2. The summed E-state index contributed by atoms with van der Waals surface area (Å²) in [6.45, 7) is 0. The summed E-state index contributed by atoms with van der Waals surface area (Å²) in [7, 11) is -4.41. The van der Waals surface area contributed by atoms with Gasteiger partial charge in [-0.25, -0.2) is 4.79 Å². The van der Waals surface area contributed by atoms with Gasteiger partial charge in [0.1, 0.15) is 17.2 Å². The molecule has 1 N–H and O–H groups in total. The lowest BCUT2D eigenvalue weighted by molar-refractivity contribution is -0.132. The van der Waals surface area contributed by atoms with Crippen LogP contribution in [-0.4, -0.2) is 5.97 Å². The van der Waals surface area contributed by atoms with Gasteiger partial charge >= 0.3 is 13.8 Å². The first kappa shape index (κ1) is 23.1. The molecule has 9 heteroatoms. The largest absolute Gasteiger partial charge is 0.648 e. The molecule has 0 spiro atoms. The number of esters is 1. The van der Waals surface area contributed by atoms with Gasteiger partial charge in [0.15, 0.2) is 5.75 Å². The van der Waals surface area contributed by atoms with Crippen LogP contribution in [-0.2, 0) is 13.9 Å². The predicted molar refractivity (Wildman–Crippen MR) is 133 cm³/mol. The fourth-order valence-corrected chi connectivity index (χ4v) is 4.45. The summed E-state index contributed by atoms with van der Waals surface area (Å²) in [5, 5.41) is 2.94. The van der Waals surface area contributed by atoms with Crippen LogP contribution in [0.5, 0.6) is 23.0 Å². The van der Waals surface area contributed by atoms with Gasteiger partial charge in [0.05, 0.1) is 5.69 Å². The minimum atomic E-state index is -4.41. The summed E-state index contributed by atoms with van der Waals surface area (Å²) in [6, 6.07) is 32.2. The van der Waals surface area contributed by atoms with Gasteiger partial charge < -0.3 is 28.4 Å². The second kappa shape index (κ2) is 10.3. The first-order valence-corrected chi connectivity index (χ1v) is 12.4. The number of phosphoric acid groups is 1. The fourth-order valence-electron chi connectivity index (χ4n) is 3.22. The molecule has 180 valence electrons. The van der Waals surface area contributed by atoms with Crippen molar-refractivity contribution in [3.8, 4) is 23.0 Å². The minimum Gasteiger partial charge on any atom is -0.443 e. The van der Waals surface area contributed by atoms with Gasteiger partial charge in [0.2, 0.25) is 0 Å². The van der Waals surface area contributed by atoms with Crippen LogP contribution in [0.15, 0.2) is 127 Å². The van der Waals surface area contributed by atoms with E-state index in [1.54, 1.807) is 115 Å². The topological polar surface area (TPSA) is 92.3 Å². The van der Waals surface area contributed by atoms with E-state index in [9.17, 15) is 9.36 Å². The predicted octanol–water partition coefficient (Wildman–Crippen LogP) is 6.55. The van der Waals surface area contributed by atoms with Gasteiger partial charge in [-0.2, -0.15) is 4.57 Å². The van der Waals surface area contributed by atoms with Gasteiger partial charge in [0, 0.05) is 0 Å². The standard InChI is InChI=1S/C27H20NO7P/c29-27(31-20-12-4-1-5-13-20)25-26(28-23-18-10-11-19-24(23)32-25)35-36(30,33-21-14-6-2-7-15-21)34-22-16-8-3-9-17-22/h1-19,28H. The van der Waals surface area contributed by atoms with E-state index >= 15 is 0 Å². The van der Waals surface area contributed by atoms with Gasteiger partial charge in [-0.15, -0.1) is 0 Å². The van der Waals surface area contributed by atoms with Crippen LogP contribution in [0.3, 0.4) is 0 Å². The number of carbonyl (C=O) groups is 1. The Morgan fingerprint density at radius 3 is 1.72 bits per heavy atom. The van der Waals surface area contributed by atoms with Gasteiger partial charge in [-0.1, -0.05) is 66.7 Å². The molecular formula is C27H20NO7P. The molecule has 1 heterocycles. The molecule has 36 heavy (non-hydrogen) atoms. The van der Waals surface area contributed by atoms with Crippen molar-refractivity contribution in [1.29, 1.82) is 0 Å². The average molecular weight is 501 g/mol. The quantitative estimate of drug-likeness (QED) is 0.165. The van der Waals surface area contributed by atoms with Crippen LogP contribution in [0.2, 0.25) is 0 Å². The molecule has 0 saturated heterocycles. The summed E-state index contributed by atoms with van der Waals surface area (Å²) in [5.41, 5.74) is 0.481. The maximum Gasteiger partial charge on any atom is 0.648 e. The van der Waals surface area contributed by atoms with E-state index in [4.69, 9.17) is 23.0 Å². The first-order valence-electron chi connectivity index (χ1n) is 10.9. The van der Waals surface area contributed by atoms with Crippen LogP contribution in [0.4, 0.5) is 5.69 Å². The molecule has 8 nitrogen and oxygen atoms in total.